The minimum Gasteiger partial charge on any atom is -0.497 e. The second kappa shape index (κ2) is 6.93. The molecule has 0 heterocycles. The van der Waals surface area contributed by atoms with Crippen molar-refractivity contribution in [2.45, 2.75) is 11.4 Å². The van der Waals surface area contributed by atoms with Crippen LogP contribution in [0, 0.1) is 11.6 Å². The first-order valence-corrected chi connectivity index (χ1v) is 8.01. The number of sulfonamides is 1. The van der Waals surface area contributed by atoms with Crippen molar-refractivity contribution in [2.24, 2.45) is 0 Å². The van der Waals surface area contributed by atoms with E-state index in [0.717, 1.165) is 18.2 Å². The number of benzene rings is 2. The molecule has 0 aliphatic heterocycles. The van der Waals surface area contributed by atoms with E-state index in [9.17, 15) is 17.2 Å². The fourth-order valence-corrected chi connectivity index (χ4v) is 3.11. The number of halogens is 2. The molecule has 124 valence electrons. The van der Waals surface area contributed by atoms with E-state index in [4.69, 9.17) is 9.47 Å². The summed E-state index contributed by atoms with van der Waals surface area (Å²) in [5, 5.41) is 0. The van der Waals surface area contributed by atoms with Gasteiger partial charge < -0.3 is 9.47 Å². The van der Waals surface area contributed by atoms with Crippen LogP contribution in [0.5, 0.6) is 11.5 Å². The third kappa shape index (κ3) is 3.96. The van der Waals surface area contributed by atoms with E-state index in [0.29, 0.717) is 5.75 Å². The largest absolute Gasteiger partial charge is 0.497 e. The highest BCUT2D eigenvalue weighted by Gasteiger charge is 2.21. The lowest BCUT2D eigenvalue weighted by molar-refractivity contribution is 0.392. The predicted octanol–water partition coefficient (Wildman–Crippen LogP) is 2.46. The molecule has 0 saturated carbocycles. The first kappa shape index (κ1) is 17.2. The molecule has 0 saturated heterocycles. The van der Waals surface area contributed by atoms with E-state index >= 15 is 0 Å². The topological polar surface area (TPSA) is 64.6 Å². The summed E-state index contributed by atoms with van der Waals surface area (Å²) < 4.78 is 63.7. The minimum atomic E-state index is -4.01. The van der Waals surface area contributed by atoms with Gasteiger partial charge in [-0.05, 0) is 30.3 Å². The van der Waals surface area contributed by atoms with Crippen molar-refractivity contribution in [3.05, 3.63) is 53.6 Å². The average molecular weight is 343 g/mol. The van der Waals surface area contributed by atoms with Crippen LogP contribution in [-0.4, -0.2) is 22.6 Å². The summed E-state index contributed by atoms with van der Waals surface area (Å²) in [6, 6.07) is 7.09. The Labute approximate surface area is 132 Å². The van der Waals surface area contributed by atoms with Crippen LogP contribution < -0.4 is 14.2 Å². The first-order chi connectivity index (χ1) is 10.9. The van der Waals surface area contributed by atoms with E-state index in [2.05, 4.69) is 4.72 Å². The molecule has 0 bridgehead atoms. The van der Waals surface area contributed by atoms with Crippen LogP contribution in [0.2, 0.25) is 0 Å². The quantitative estimate of drug-likeness (QED) is 0.875. The van der Waals surface area contributed by atoms with Crippen molar-refractivity contribution >= 4 is 10.0 Å². The van der Waals surface area contributed by atoms with Crippen LogP contribution >= 0.6 is 0 Å². The molecule has 1 N–H and O–H groups in total. The highest BCUT2D eigenvalue weighted by molar-refractivity contribution is 7.89. The number of methoxy groups -OCH3 is 2. The summed E-state index contributed by atoms with van der Waals surface area (Å²) in [5.41, 5.74) is -0.101. The Morgan fingerprint density at radius 3 is 2.43 bits per heavy atom. The molecule has 0 fully saturated rings. The highest BCUT2D eigenvalue weighted by Crippen LogP contribution is 2.28. The molecular formula is C15H15F2NO4S. The molecule has 0 aliphatic carbocycles. The van der Waals surface area contributed by atoms with Gasteiger partial charge in [0.25, 0.3) is 0 Å². The van der Waals surface area contributed by atoms with Crippen LogP contribution in [0.15, 0.2) is 41.3 Å². The number of hydrogen-bond acceptors (Lipinski definition) is 4. The zero-order chi connectivity index (χ0) is 17.0. The van der Waals surface area contributed by atoms with Crippen molar-refractivity contribution < 1.29 is 26.7 Å². The van der Waals surface area contributed by atoms with E-state index in [1.54, 1.807) is 6.07 Å². The zero-order valence-electron chi connectivity index (χ0n) is 12.5. The van der Waals surface area contributed by atoms with Crippen LogP contribution in [0.4, 0.5) is 8.78 Å². The average Bonchev–Trinajstić information content (AvgIpc) is 2.55. The molecule has 0 aliphatic rings. The smallest absolute Gasteiger partial charge is 0.244 e. The van der Waals surface area contributed by atoms with Crippen molar-refractivity contribution in [3.8, 4) is 11.5 Å². The molecule has 5 nitrogen and oxygen atoms in total. The Bertz CT molecular complexity index is 809. The number of hydrogen-bond donors (Lipinski definition) is 1. The summed E-state index contributed by atoms with van der Waals surface area (Å²) >= 11 is 0. The third-order valence-corrected chi connectivity index (χ3v) is 4.54. The molecular weight excluding hydrogens is 328 g/mol. The number of rotatable bonds is 6. The zero-order valence-corrected chi connectivity index (χ0v) is 13.3. The summed E-state index contributed by atoms with van der Waals surface area (Å²) in [7, 11) is -1.28. The van der Waals surface area contributed by atoms with Crippen LogP contribution in [-0.2, 0) is 16.6 Å². The Balaban J connectivity index is 2.30. The van der Waals surface area contributed by atoms with Crippen molar-refractivity contribution in [1.29, 1.82) is 0 Å². The van der Waals surface area contributed by atoms with Gasteiger partial charge in [0.1, 0.15) is 28.0 Å². The lowest BCUT2D eigenvalue weighted by atomic mass is 10.2. The fourth-order valence-electron chi connectivity index (χ4n) is 1.92. The number of nitrogens with one attached hydrogen (secondary N) is 1. The lowest BCUT2D eigenvalue weighted by Gasteiger charge is -2.12. The molecule has 0 spiro atoms. The summed E-state index contributed by atoms with van der Waals surface area (Å²) in [4.78, 5) is -0.156. The summed E-state index contributed by atoms with van der Waals surface area (Å²) in [5.74, 6) is -0.924. The molecule has 8 heteroatoms. The molecule has 0 unspecified atom stereocenters. The monoisotopic (exact) mass is 343 g/mol. The molecule has 23 heavy (non-hydrogen) atoms. The second-order valence-corrected chi connectivity index (χ2v) is 6.31. The molecule has 0 radical (unpaired) electrons. The fraction of sp³-hybridized carbons (Fsp3) is 0.200. The maximum atomic E-state index is 13.6. The van der Waals surface area contributed by atoms with Gasteiger partial charge in [-0.15, -0.1) is 0 Å². The third-order valence-electron chi connectivity index (χ3n) is 3.12. The molecule has 2 rings (SSSR count). The Kier molecular flexibility index (Phi) is 5.17. The van der Waals surface area contributed by atoms with Crippen molar-refractivity contribution in [2.75, 3.05) is 14.2 Å². The van der Waals surface area contributed by atoms with Crippen molar-refractivity contribution in [1.82, 2.24) is 4.72 Å². The summed E-state index contributed by atoms with van der Waals surface area (Å²) in [6.07, 6.45) is 0. The lowest BCUT2D eigenvalue weighted by Crippen LogP contribution is -2.24. The number of ether oxygens (including phenoxy) is 2. The van der Waals surface area contributed by atoms with E-state index in [-0.39, 0.29) is 16.2 Å². The predicted molar refractivity (Wildman–Crippen MR) is 79.9 cm³/mol. The minimum absolute atomic E-state index is 0.101. The molecule has 0 atom stereocenters. The van der Waals surface area contributed by atoms with Gasteiger partial charge in [-0.1, -0.05) is 0 Å². The molecule has 0 aromatic heterocycles. The Morgan fingerprint density at radius 2 is 1.78 bits per heavy atom. The molecule has 2 aromatic carbocycles. The molecule has 0 amide bonds. The van der Waals surface area contributed by atoms with Crippen LogP contribution in [0.3, 0.4) is 0 Å². The van der Waals surface area contributed by atoms with Crippen molar-refractivity contribution in [3.63, 3.8) is 0 Å². The van der Waals surface area contributed by atoms with E-state index in [1.165, 1.54) is 26.4 Å². The van der Waals surface area contributed by atoms with Crippen LogP contribution in [0.25, 0.3) is 0 Å². The van der Waals surface area contributed by atoms with Gasteiger partial charge in [-0.2, -0.15) is 0 Å². The Hall–Kier alpha value is -2.19. The van der Waals surface area contributed by atoms with E-state index < -0.39 is 28.2 Å². The van der Waals surface area contributed by atoms with Gasteiger partial charge in [0.15, 0.2) is 0 Å². The molecule has 2 aromatic rings. The van der Waals surface area contributed by atoms with Gasteiger partial charge in [0.05, 0.1) is 14.2 Å². The maximum Gasteiger partial charge on any atom is 0.244 e. The highest BCUT2D eigenvalue weighted by atomic mass is 32.2. The normalized spacial score (nSPS) is 11.3. The van der Waals surface area contributed by atoms with E-state index in [1.807, 2.05) is 0 Å². The standard InChI is InChI=1S/C15H15F2NO4S/c1-21-12-4-6-14(22-2)15(8-12)23(19,20)18-9-10-7-11(16)3-5-13(10)17/h3-8,18H,9H2,1-2H3. The maximum absolute atomic E-state index is 13.6. The van der Waals surface area contributed by atoms with Crippen LogP contribution in [0.1, 0.15) is 5.56 Å². The van der Waals surface area contributed by atoms with Gasteiger partial charge >= 0.3 is 0 Å². The SMILES string of the molecule is COc1ccc(OC)c(S(=O)(=O)NCc2cc(F)ccc2F)c1. The first-order valence-electron chi connectivity index (χ1n) is 6.53. The Morgan fingerprint density at radius 1 is 1.04 bits per heavy atom. The van der Waals surface area contributed by atoms with Gasteiger partial charge in [0.2, 0.25) is 10.0 Å². The van der Waals surface area contributed by atoms with Gasteiger partial charge in [-0.25, -0.2) is 21.9 Å². The summed E-state index contributed by atoms with van der Waals surface area (Å²) in [6.45, 7) is -0.397. The second-order valence-electron chi connectivity index (χ2n) is 4.58. The van der Waals surface area contributed by atoms with Gasteiger partial charge in [0, 0.05) is 18.2 Å². The van der Waals surface area contributed by atoms with Gasteiger partial charge in [-0.3, -0.25) is 0 Å².